The molecule has 17 heteroatoms. The lowest BCUT2D eigenvalue weighted by molar-refractivity contribution is 0.384. The van der Waals surface area contributed by atoms with E-state index in [1.165, 1.54) is 61.9 Å². The minimum absolute atomic E-state index is 0.00274. The predicted octanol–water partition coefficient (Wildman–Crippen LogP) is 7.24. The number of ether oxygens (including phenoxy) is 1. The molecule has 2 aromatic heterocycles. The van der Waals surface area contributed by atoms with E-state index < -0.39 is 31.7 Å². The highest BCUT2D eigenvalue weighted by atomic mass is 32.2. The summed E-state index contributed by atoms with van der Waals surface area (Å²) < 4.78 is 86.1. The Morgan fingerprint density at radius 2 is 1.02 bits per heavy atom. The zero-order chi connectivity index (χ0) is 40.2. The van der Waals surface area contributed by atoms with E-state index in [9.17, 15) is 25.6 Å². The molecule has 57 heavy (non-hydrogen) atoms. The highest BCUT2D eigenvalue weighted by Gasteiger charge is 2.31. The zero-order valence-electron chi connectivity index (χ0n) is 31.2. The third-order valence-electron chi connectivity index (χ3n) is 9.67. The Bertz CT molecular complexity index is 2550. The zero-order valence-corrected chi connectivity index (χ0v) is 34.4. The molecule has 8 rings (SSSR count). The molecule has 0 N–H and O–H groups in total. The van der Waals surface area contributed by atoms with Gasteiger partial charge in [0.05, 0.1) is 28.3 Å². The smallest absolute Gasteiger partial charge is 0.243 e. The molecule has 2 aliphatic heterocycles. The molecule has 4 heterocycles. The van der Waals surface area contributed by atoms with Crippen LogP contribution in [0.25, 0.3) is 22.5 Å². The number of sulfonamides is 2. The van der Waals surface area contributed by atoms with Gasteiger partial charge >= 0.3 is 0 Å². The van der Waals surface area contributed by atoms with Crippen molar-refractivity contribution in [3.05, 3.63) is 125 Å². The first kappa shape index (κ1) is 40.4. The topological polar surface area (TPSA) is 116 Å². The number of hydrogen-bond donors (Lipinski definition) is 0. The van der Waals surface area contributed by atoms with Gasteiger partial charge in [-0.15, -0.1) is 22.7 Å². The van der Waals surface area contributed by atoms with Crippen LogP contribution in [0.5, 0.6) is 5.75 Å². The van der Waals surface area contributed by atoms with Crippen molar-refractivity contribution in [1.29, 1.82) is 0 Å². The van der Waals surface area contributed by atoms with E-state index in [0.717, 1.165) is 50.7 Å². The Morgan fingerprint density at radius 1 is 0.579 bits per heavy atom. The summed E-state index contributed by atoms with van der Waals surface area (Å²) in [5.74, 6) is -0.349. The summed E-state index contributed by atoms with van der Waals surface area (Å²) in [5, 5.41) is 5.74. The molecule has 0 radical (unpaired) electrons. The molecule has 0 aliphatic carbocycles. The normalized spacial score (nSPS) is 15.6. The Kier molecular flexibility index (Phi) is 12.3. The third-order valence-corrected chi connectivity index (χ3v) is 15.3. The average Bonchev–Trinajstić information content (AvgIpc) is 3.93. The number of thiazole rings is 2. The van der Waals surface area contributed by atoms with Crippen LogP contribution in [0.3, 0.4) is 0 Å². The maximum atomic E-state index is 13.4. The van der Waals surface area contributed by atoms with Crippen LogP contribution in [-0.2, 0) is 20.0 Å². The molecule has 6 aromatic rings. The second-order valence-corrected chi connectivity index (χ2v) is 18.8. The van der Waals surface area contributed by atoms with Crippen LogP contribution in [0, 0.1) is 18.6 Å². The number of anilines is 2. The van der Waals surface area contributed by atoms with Crippen molar-refractivity contribution >= 4 is 53.0 Å². The highest BCUT2D eigenvalue weighted by Crippen LogP contribution is 2.34. The lowest BCUT2D eigenvalue weighted by Gasteiger charge is -2.33. The number of benzene rings is 4. The minimum atomic E-state index is -3.70. The number of nitrogens with zero attached hydrogens (tertiary/aromatic N) is 6. The van der Waals surface area contributed by atoms with Gasteiger partial charge in [0, 0.05) is 74.2 Å². The fraction of sp³-hybridized carbons (Fsp3) is 0.250. The van der Waals surface area contributed by atoms with Crippen LogP contribution < -0.4 is 14.5 Å². The van der Waals surface area contributed by atoms with Crippen molar-refractivity contribution in [2.45, 2.75) is 16.7 Å². The molecular formula is C40H40F2N6O5S4. The van der Waals surface area contributed by atoms with Crippen LogP contribution in [0.4, 0.5) is 19.0 Å². The summed E-state index contributed by atoms with van der Waals surface area (Å²) in [6.07, 6.45) is 0. The van der Waals surface area contributed by atoms with Gasteiger partial charge in [-0.1, -0.05) is 48.5 Å². The van der Waals surface area contributed by atoms with E-state index in [2.05, 4.69) is 28.9 Å². The molecule has 4 aromatic carbocycles. The molecule has 0 saturated carbocycles. The Morgan fingerprint density at radius 3 is 1.47 bits per heavy atom. The number of piperazine rings is 2. The van der Waals surface area contributed by atoms with Crippen LogP contribution in [0.1, 0.15) is 5.56 Å². The summed E-state index contributed by atoms with van der Waals surface area (Å²) in [7, 11) is -5.76. The lowest BCUT2D eigenvalue weighted by atomic mass is 10.1. The lowest BCUT2D eigenvalue weighted by Crippen LogP contribution is -2.48. The van der Waals surface area contributed by atoms with E-state index in [0.29, 0.717) is 52.4 Å². The largest absolute Gasteiger partial charge is 0.496 e. The van der Waals surface area contributed by atoms with Gasteiger partial charge in [-0.25, -0.2) is 35.6 Å². The van der Waals surface area contributed by atoms with E-state index in [-0.39, 0.29) is 9.79 Å². The molecular weight excluding hydrogens is 811 g/mol. The summed E-state index contributed by atoms with van der Waals surface area (Å²) in [6, 6.07) is 26.1. The number of rotatable bonds is 9. The van der Waals surface area contributed by atoms with E-state index >= 15 is 0 Å². The summed E-state index contributed by atoms with van der Waals surface area (Å²) in [5.41, 5.74) is 4.97. The number of aromatic nitrogens is 2. The van der Waals surface area contributed by atoms with Gasteiger partial charge in [-0.2, -0.15) is 8.61 Å². The first-order valence-corrected chi connectivity index (χ1v) is 22.7. The van der Waals surface area contributed by atoms with Crippen molar-refractivity contribution < 1.29 is 30.4 Å². The monoisotopic (exact) mass is 850 g/mol. The SMILES string of the molecule is COc1ccccc1-c1csc(N2CCN(S(=O)(=O)c3cccc(F)c3)CC2)n1.Cc1ccccc1-c1csc(N2CCN(S(=O)(=O)c3cccc(F)c3)CC2)n1. The van der Waals surface area contributed by atoms with Gasteiger partial charge < -0.3 is 14.5 Å². The third kappa shape index (κ3) is 9.03. The fourth-order valence-electron chi connectivity index (χ4n) is 6.58. The Labute approximate surface area is 339 Å². The highest BCUT2D eigenvalue weighted by molar-refractivity contribution is 7.89. The average molecular weight is 851 g/mol. The van der Waals surface area contributed by atoms with Gasteiger partial charge in [0.25, 0.3) is 0 Å². The maximum Gasteiger partial charge on any atom is 0.243 e. The van der Waals surface area contributed by atoms with E-state index in [4.69, 9.17) is 14.7 Å². The second-order valence-electron chi connectivity index (χ2n) is 13.2. The van der Waals surface area contributed by atoms with Gasteiger partial charge in [-0.3, -0.25) is 0 Å². The van der Waals surface area contributed by atoms with Gasteiger partial charge in [0.2, 0.25) is 20.0 Å². The van der Waals surface area contributed by atoms with E-state index in [1.807, 2.05) is 47.2 Å². The minimum Gasteiger partial charge on any atom is -0.496 e. The molecule has 2 saturated heterocycles. The van der Waals surface area contributed by atoms with Crippen LogP contribution >= 0.6 is 22.7 Å². The van der Waals surface area contributed by atoms with Gasteiger partial charge in [-0.05, 0) is 61.0 Å². The van der Waals surface area contributed by atoms with Crippen molar-refractivity contribution in [2.75, 3.05) is 69.3 Å². The quantitative estimate of drug-likeness (QED) is 0.149. The number of halogens is 2. The Hall–Kier alpha value is -4.78. The number of methoxy groups -OCH3 is 1. The summed E-state index contributed by atoms with van der Waals surface area (Å²) in [6.45, 7) is 5.54. The predicted molar refractivity (Wildman–Crippen MR) is 221 cm³/mol. The van der Waals surface area contributed by atoms with Crippen molar-refractivity contribution in [2.24, 2.45) is 0 Å². The number of aryl methyl sites for hydroxylation is 1. The first-order valence-electron chi connectivity index (χ1n) is 18.1. The molecule has 0 bridgehead atoms. The number of hydrogen-bond acceptors (Lipinski definition) is 11. The standard InChI is InChI=1S/C20H20FN3O3S2.C20H20FN3O2S2/c1-27-19-8-3-2-7-17(19)18-14-28-20(22-18)23-9-11-24(12-10-23)29(25,26)16-6-4-5-15(21)13-16;1-15-5-2-3-8-18(15)19-14-27-20(22-19)23-9-11-24(12-10-23)28(25,26)17-7-4-6-16(21)13-17/h2-8,13-14H,9-12H2,1H3;2-8,13-14H,9-12H2,1H3. The van der Waals surface area contributed by atoms with Crippen molar-refractivity contribution in [3.63, 3.8) is 0 Å². The van der Waals surface area contributed by atoms with Crippen molar-refractivity contribution in [1.82, 2.24) is 18.6 Å². The second kappa shape index (κ2) is 17.4. The summed E-state index contributed by atoms with van der Waals surface area (Å²) in [4.78, 5) is 13.6. The Balaban J connectivity index is 0.000000174. The molecule has 2 aliphatic rings. The summed E-state index contributed by atoms with van der Waals surface area (Å²) >= 11 is 3.08. The number of para-hydroxylation sites is 1. The van der Waals surface area contributed by atoms with Crippen molar-refractivity contribution in [3.8, 4) is 28.3 Å². The molecule has 0 spiro atoms. The fourth-order valence-corrected chi connectivity index (χ4v) is 11.2. The van der Waals surface area contributed by atoms with Gasteiger partial charge in [0.15, 0.2) is 10.3 Å². The molecule has 0 amide bonds. The van der Waals surface area contributed by atoms with Crippen LogP contribution in [0.2, 0.25) is 0 Å². The van der Waals surface area contributed by atoms with Crippen LogP contribution in [0.15, 0.2) is 118 Å². The van der Waals surface area contributed by atoms with Gasteiger partial charge in [0.1, 0.15) is 17.4 Å². The molecule has 0 unspecified atom stereocenters. The molecule has 0 atom stereocenters. The molecule has 2 fully saturated rings. The first-order chi connectivity index (χ1) is 27.4. The van der Waals surface area contributed by atoms with Crippen LogP contribution in [-0.4, -0.2) is 94.9 Å². The molecule has 298 valence electrons. The molecule has 11 nitrogen and oxygen atoms in total. The van der Waals surface area contributed by atoms with E-state index in [1.54, 1.807) is 18.4 Å². The maximum absolute atomic E-state index is 13.4.